The molecule has 1 atom stereocenters. The van der Waals surface area contributed by atoms with Crippen LogP contribution in [-0.2, 0) is 0 Å². The van der Waals surface area contributed by atoms with Gasteiger partial charge in [0.2, 0.25) is 6.43 Å². The van der Waals surface area contributed by atoms with Crippen molar-refractivity contribution in [3.05, 3.63) is 34.3 Å². The molecule has 5 heteroatoms. The molecule has 1 heterocycles. The molecule has 2 nitrogen and oxygen atoms in total. The van der Waals surface area contributed by atoms with E-state index in [0.717, 1.165) is 36.2 Å². The molecule has 0 spiro atoms. The zero-order valence-electron chi connectivity index (χ0n) is 10.1. The van der Waals surface area contributed by atoms with Crippen LogP contribution in [0.5, 0.6) is 0 Å². The number of alkyl halides is 2. The van der Waals surface area contributed by atoms with Crippen molar-refractivity contribution in [1.29, 1.82) is 0 Å². The highest BCUT2D eigenvalue weighted by Gasteiger charge is 2.25. The van der Waals surface area contributed by atoms with Gasteiger partial charge in [0, 0.05) is 43.1 Å². The Labute approximate surface area is 114 Å². The molecule has 100 valence electrons. The maximum atomic E-state index is 12.8. The minimum atomic E-state index is -2.27. The van der Waals surface area contributed by atoms with E-state index in [9.17, 15) is 8.78 Å². The molecular weight excluding hydrogens is 302 g/mol. The molecule has 1 aliphatic heterocycles. The Kier molecular flexibility index (Phi) is 5.09. The minimum absolute atomic E-state index is 0.0956. The van der Waals surface area contributed by atoms with E-state index in [1.165, 1.54) is 0 Å². The Bertz CT molecular complexity index is 364. The molecule has 1 fully saturated rings. The van der Waals surface area contributed by atoms with E-state index >= 15 is 0 Å². The van der Waals surface area contributed by atoms with E-state index in [-0.39, 0.29) is 12.5 Å². The lowest BCUT2D eigenvalue weighted by atomic mass is 10.0. The molecule has 1 saturated heterocycles. The van der Waals surface area contributed by atoms with Gasteiger partial charge in [0.05, 0.1) is 0 Å². The lowest BCUT2D eigenvalue weighted by Crippen LogP contribution is -2.45. The van der Waals surface area contributed by atoms with Crippen LogP contribution in [0.4, 0.5) is 8.78 Å². The summed E-state index contributed by atoms with van der Waals surface area (Å²) in [6.45, 7) is 3.40. The van der Waals surface area contributed by atoms with Crippen LogP contribution in [0, 0.1) is 0 Å². The van der Waals surface area contributed by atoms with Crippen LogP contribution in [0.25, 0.3) is 0 Å². The third-order valence-electron chi connectivity index (χ3n) is 3.25. The van der Waals surface area contributed by atoms with Crippen molar-refractivity contribution in [1.82, 2.24) is 10.2 Å². The number of nitrogens with one attached hydrogen (secondary N) is 1. The van der Waals surface area contributed by atoms with Gasteiger partial charge in [-0.25, -0.2) is 8.78 Å². The van der Waals surface area contributed by atoms with Gasteiger partial charge in [-0.05, 0) is 17.7 Å². The standard InChI is InChI=1S/C13H17BrF2N2/c14-11-3-1-10(2-4-11)12(9-13(15)16)18-7-5-17-6-8-18/h1-4,12-13,17H,5-9H2/t12-/m0/s1. The number of halogens is 3. The van der Waals surface area contributed by atoms with Crippen LogP contribution in [0.2, 0.25) is 0 Å². The van der Waals surface area contributed by atoms with E-state index < -0.39 is 6.43 Å². The Morgan fingerprint density at radius 3 is 2.33 bits per heavy atom. The molecule has 0 amide bonds. The van der Waals surface area contributed by atoms with E-state index in [2.05, 4.69) is 26.1 Å². The molecule has 1 N–H and O–H groups in total. The molecule has 0 aromatic heterocycles. The van der Waals surface area contributed by atoms with E-state index in [1.807, 2.05) is 24.3 Å². The van der Waals surface area contributed by atoms with Gasteiger partial charge >= 0.3 is 0 Å². The van der Waals surface area contributed by atoms with Crippen molar-refractivity contribution >= 4 is 15.9 Å². The molecule has 0 bridgehead atoms. The van der Waals surface area contributed by atoms with Gasteiger partial charge in [-0.15, -0.1) is 0 Å². The summed E-state index contributed by atoms with van der Waals surface area (Å²) in [5, 5.41) is 3.25. The van der Waals surface area contributed by atoms with Crippen LogP contribution in [0.3, 0.4) is 0 Å². The first-order chi connectivity index (χ1) is 8.66. The number of nitrogens with zero attached hydrogens (tertiary/aromatic N) is 1. The summed E-state index contributed by atoms with van der Waals surface area (Å²) >= 11 is 3.37. The maximum absolute atomic E-state index is 12.8. The Hall–Kier alpha value is -0.520. The minimum Gasteiger partial charge on any atom is -0.314 e. The summed E-state index contributed by atoms with van der Waals surface area (Å²) in [6.07, 6.45) is -2.37. The molecule has 1 aromatic carbocycles. The predicted octanol–water partition coefficient (Wildman–Crippen LogP) is 3.05. The molecule has 2 rings (SSSR count). The normalized spacial score (nSPS) is 19.1. The fraction of sp³-hybridized carbons (Fsp3) is 0.538. The third kappa shape index (κ3) is 3.73. The van der Waals surface area contributed by atoms with Crippen LogP contribution in [0.15, 0.2) is 28.7 Å². The third-order valence-corrected chi connectivity index (χ3v) is 3.78. The summed E-state index contributed by atoms with van der Waals surface area (Å²) in [4.78, 5) is 2.14. The number of rotatable bonds is 4. The van der Waals surface area contributed by atoms with Crippen molar-refractivity contribution in [3.63, 3.8) is 0 Å². The fourth-order valence-electron chi connectivity index (χ4n) is 2.34. The van der Waals surface area contributed by atoms with Crippen molar-refractivity contribution < 1.29 is 8.78 Å². The van der Waals surface area contributed by atoms with Gasteiger partial charge in [-0.1, -0.05) is 28.1 Å². The number of hydrogen-bond donors (Lipinski definition) is 1. The van der Waals surface area contributed by atoms with E-state index in [1.54, 1.807) is 0 Å². The lowest BCUT2D eigenvalue weighted by molar-refractivity contribution is 0.0739. The second-order valence-electron chi connectivity index (χ2n) is 4.48. The van der Waals surface area contributed by atoms with Crippen molar-refractivity contribution in [2.75, 3.05) is 26.2 Å². The van der Waals surface area contributed by atoms with Gasteiger partial charge in [0.15, 0.2) is 0 Å². The largest absolute Gasteiger partial charge is 0.314 e. The van der Waals surface area contributed by atoms with Gasteiger partial charge in [0.1, 0.15) is 0 Å². The Morgan fingerprint density at radius 2 is 1.78 bits per heavy atom. The lowest BCUT2D eigenvalue weighted by Gasteiger charge is -2.35. The fourth-order valence-corrected chi connectivity index (χ4v) is 2.61. The van der Waals surface area contributed by atoms with Crippen LogP contribution >= 0.6 is 15.9 Å². The molecule has 1 aliphatic rings. The summed E-state index contributed by atoms with van der Waals surface area (Å²) in [6, 6.07) is 7.50. The Balaban J connectivity index is 2.15. The van der Waals surface area contributed by atoms with Crippen LogP contribution in [0.1, 0.15) is 18.0 Å². The second-order valence-corrected chi connectivity index (χ2v) is 5.40. The summed E-state index contributed by atoms with van der Waals surface area (Å²) in [5.41, 5.74) is 0.973. The average Bonchev–Trinajstić information content (AvgIpc) is 2.38. The summed E-state index contributed by atoms with van der Waals surface area (Å²) in [7, 11) is 0. The zero-order chi connectivity index (χ0) is 13.0. The molecule has 0 unspecified atom stereocenters. The topological polar surface area (TPSA) is 15.3 Å². The van der Waals surface area contributed by atoms with Crippen molar-refractivity contribution in [2.24, 2.45) is 0 Å². The van der Waals surface area contributed by atoms with Crippen LogP contribution in [-0.4, -0.2) is 37.5 Å². The first-order valence-corrected chi connectivity index (χ1v) is 6.94. The highest BCUT2D eigenvalue weighted by molar-refractivity contribution is 9.10. The number of hydrogen-bond acceptors (Lipinski definition) is 2. The smallest absolute Gasteiger partial charge is 0.240 e. The highest BCUT2D eigenvalue weighted by Crippen LogP contribution is 2.28. The first-order valence-electron chi connectivity index (χ1n) is 6.15. The quantitative estimate of drug-likeness (QED) is 0.918. The van der Waals surface area contributed by atoms with Gasteiger partial charge in [-0.3, -0.25) is 4.90 Å². The second kappa shape index (κ2) is 6.59. The molecule has 0 aliphatic carbocycles. The van der Waals surface area contributed by atoms with Crippen molar-refractivity contribution in [2.45, 2.75) is 18.9 Å². The van der Waals surface area contributed by atoms with Crippen molar-refractivity contribution in [3.8, 4) is 0 Å². The van der Waals surface area contributed by atoms with Gasteiger partial charge in [0.25, 0.3) is 0 Å². The molecule has 18 heavy (non-hydrogen) atoms. The Morgan fingerprint density at radius 1 is 1.17 bits per heavy atom. The number of piperazine rings is 1. The molecule has 0 saturated carbocycles. The molecule has 0 radical (unpaired) electrons. The monoisotopic (exact) mass is 318 g/mol. The average molecular weight is 319 g/mol. The van der Waals surface area contributed by atoms with E-state index in [0.29, 0.717) is 0 Å². The summed E-state index contributed by atoms with van der Waals surface area (Å²) in [5.74, 6) is 0. The summed E-state index contributed by atoms with van der Waals surface area (Å²) < 4.78 is 26.5. The predicted molar refractivity (Wildman–Crippen MR) is 71.9 cm³/mol. The van der Waals surface area contributed by atoms with Crippen LogP contribution < -0.4 is 5.32 Å². The molecule has 1 aromatic rings. The SMILES string of the molecule is FC(F)C[C@@H](c1ccc(Br)cc1)N1CCNCC1. The van der Waals surface area contributed by atoms with E-state index in [4.69, 9.17) is 0 Å². The number of benzene rings is 1. The van der Waals surface area contributed by atoms with Gasteiger partial charge in [-0.2, -0.15) is 0 Å². The molecular formula is C13H17BrF2N2. The highest BCUT2D eigenvalue weighted by atomic mass is 79.9. The first kappa shape index (κ1) is 13.9. The zero-order valence-corrected chi connectivity index (χ0v) is 11.7. The van der Waals surface area contributed by atoms with Gasteiger partial charge < -0.3 is 5.32 Å². The maximum Gasteiger partial charge on any atom is 0.240 e.